The first-order chi connectivity index (χ1) is 12.1. The van der Waals surface area contributed by atoms with Crippen LogP contribution in [0.25, 0.3) is 0 Å². The van der Waals surface area contributed by atoms with Crippen LogP contribution in [0.3, 0.4) is 0 Å². The molecule has 1 aromatic rings. The number of morpholine rings is 1. The first kappa shape index (κ1) is 18.0. The molecule has 0 saturated carbocycles. The summed E-state index contributed by atoms with van der Waals surface area (Å²) >= 11 is 0. The molecule has 1 atom stereocenters. The quantitative estimate of drug-likeness (QED) is 0.814. The number of carbonyl (C=O) groups is 1. The number of aryl methyl sites for hydroxylation is 1. The first-order valence-corrected chi connectivity index (χ1v) is 9.09. The number of hydrogen-bond acceptors (Lipinski definition) is 5. The molecule has 2 aliphatic heterocycles. The van der Waals surface area contributed by atoms with Crippen molar-refractivity contribution in [2.75, 3.05) is 39.6 Å². The molecule has 1 fully saturated rings. The highest BCUT2D eigenvalue weighted by molar-refractivity contribution is 5.76. The highest BCUT2D eigenvalue weighted by Crippen LogP contribution is 2.32. The van der Waals surface area contributed by atoms with E-state index in [1.54, 1.807) is 0 Å². The monoisotopic (exact) mass is 348 g/mol. The fraction of sp³-hybridized carbons (Fsp3) is 0.632. The topological polar surface area (TPSA) is 60.0 Å². The number of carbonyl (C=O) groups excluding carboxylic acids is 1. The number of amides is 1. The molecule has 0 aromatic heterocycles. The van der Waals surface area contributed by atoms with Crippen molar-refractivity contribution in [1.29, 1.82) is 0 Å². The minimum absolute atomic E-state index is 0.0576. The Kier molecular flexibility index (Phi) is 6.15. The Morgan fingerprint density at radius 2 is 2.16 bits per heavy atom. The van der Waals surface area contributed by atoms with Crippen LogP contribution in [0.2, 0.25) is 0 Å². The van der Waals surface area contributed by atoms with Crippen molar-refractivity contribution >= 4 is 5.91 Å². The molecule has 0 radical (unpaired) electrons. The summed E-state index contributed by atoms with van der Waals surface area (Å²) in [5.41, 5.74) is 1.08. The second-order valence-electron chi connectivity index (χ2n) is 7.14. The van der Waals surface area contributed by atoms with Gasteiger partial charge in [0.05, 0.1) is 12.7 Å². The molecule has 0 bridgehead atoms. The summed E-state index contributed by atoms with van der Waals surface area (Å²) in [6.45, 7) is 8.99. The Labute approximate surface area is 149 Å². The van der Waals surface area contributed by atoms with Gasteiger partial charge in [0.15, 0.2) is 11.5 Å². The van der Waals surface area contributed by atoms with E-state index in [0.29, 0.717) is 25.3 Å². The third-order valence-electron chi connectivity index (χ3n) is 4.45. The van der Waals surface area contributed by atoms with E-state index >= 15 is 0 Å². The van der Waals surface area contributed by atoms with Gasteiger partial charge in [-0.25, -0.2) is 0 Å². The second kappa shape index (κ2) is 8.54. The zero-order valence-electron chi connectivity index (χ0n) is 15.1. The smallest absolute Gasteiger partial charge is 0.231 e. The molecule has 0 aliphatic carbocycles. The maximum Gasteiger partial charge on any atom is 0.231 e. The Balaban J connectivity index is 1.38. The largest absolute Gasteiger partial charge is 0.454 e. The molecule has 1 unspecified atom stereocenters. The summed E-state index contributed by atoms with van der Waals surface area (Å²) in [5, 5.41) is 3.00. The molecule has 3 rings (SSSR count). The molecule has 6 nitrogen and oxygen atoms in total. The average molecular weight is 348 g/mol. The Morgan fingerprint density at radius 3 is 3.00 bits per heavy atom. The zero-order chi connectivity index (χ0) is 17.6. The summed E-state index contributed by atoms with van der Waals surface area (Å²) in [5.74, 6) is 2.24. The van der Waals surface area contributed by atoms with Gasteiger partial charge in [-0.15, -0.1) is 0 Å². The van der Waals surface area contributed by atoms with Crippen molar-refractivity contribution in [1.82, 2.24) is 10.2 Å². The average Bonchev–Trinajstić information content (AvgIpc) is 3.05. The van der Waals surface area contributed by atoms with E-state index in [1.165, 1.54) is 0 Å². The van der Waals surface area contributed by atoms with Gasteiger partial charge >= 0.3 is 0 Å². The lowest BCUT2D eigenvalue weighted by atomic mass is 10.1. The molecule has 1 N–H and O–H groups in total. The number of ether oxygens (including phenoxy) is 3. The van der Waals surface area contributed by atoms with Crippen LogP contribution in [0, 0.1) is 5.92 Å². The van der Waals surface area contributed by atoms with Crippen LogP contribution in [-0.2, 0) is 16.0 Å². The van der Waals surface area contributed by atoms with Crippen LogP contribution < -0.4 is 14.8 Å². The maximum absolute atomic E-state index is 12.1. The van der Waals surface area contributed by atoms with Gasteiger partial charge in [-0.2, -0.15) is 0 Å². The number of nitrogens with zero attached hydrogens (tertiary/aromatic N) is 1. The lowest BCUT2D eigenvalue weighted by Gasteiger charge is -2.33. The van der Waals surface area contributed by atoms with Gasteiger partial charge in [0.25, 0.3) is 0 Å². The third-order valence-corrected chi connectivity index (χ3v) is 4.45. The van der Waals surface area contributed by atoms with Crippen LogP contribution in [0.5, 0.6) is 11.5 Å². The van der Waals surface area contributed by atoms with Gasteiger partial charge in [-0.05, 0) is 30.0 Å². The number of nitrogens with one attached hydrogen (secondary N) is 1. The lowest BCUT2D eigenvalue weighted by Crippen LogP contribution is -2.48. The van der Waals surface area contributed by atoms with Gasteiger partial charge in [-0.1, -0.05) is 19.9 Å². The normalized spacial score (nSPS) is 20.0. The molecule has 25 heavy (non-hydrogen) atoms. The minimum Gasteiger partial charge on any atom is -0.454 e. The molecule has 1 saturated heterocycles. The molecular weight excluding hydrogens is 320 g/mol. The predicted octanol–water partition coefficient (Wildman–Crippen LogP) is 1.82. The Hall–Kier alpha value is -1.79. The van der Waals surface area contributed by atoms with Crippen molar-refractivity contribution in [2.24, 2.45) is 5.92 Å². The second-order valence-corrected chi connectivity index (χ2v) is 7.14. The van der Waals surface area contributed by atoms with E-state index in [4.69, 9.17) is 14.2 Å². The van der Waals surface area contributed by atoms with Gasteiger partial charge < -0.3 is 19.5 Å². The van der Waals surface area contributed by atoms with Crippen LogP contribution in [0.4, 0.5) is 0 Å². The highest BCUT2D eigenvalue weighted by atomic mass is 16.7. The fourth-order valence-corrected chi connectivity index (χ4v) is 3.26. The molecule has 0 spiro atoms. The Morgan fingerprint density at radius 1 is 1.32 bits per heavy atom. The maximum atomic E-state index is 12.1. The third kappa shape index (κ3) is 5.34. The molecule has 2 heterocycles. The number of benzene rings is 1. The highest BCUT2D eigenvalue weighted by Gasteiger charge is 2.21. The van der Waals surface area contributed by atoms with Crippen LogP contribution >= 0.6 is 0 Å². The van der Waals surface area contributed by atoms with Crippen LogP contribution in [-0.4, -0.2) is 56.5 Å². The van der Waals surface area contributed by atoms with Crippen molar-refractivity contribution in [3.05, 3.63) is 23.8 Å². The van der Waals surface area contributed by atoms with E-state index in [-0.39, 0.29) is 18.8 Å². The van der Waals surface area contributed by atoms with Gasteiger partial charge in [0, 0.05) is 32.6 Å². The summed E-state index contributed by atoms with van der Waals surface area (Å²) in [6, 6.07) is 5.83. The number of rotatable bonds is 7. The molecule has 6 heteroatoms. The Bertz CT molecular complexity index is 591. The fourth-order valence-electron chi connectivity index (χ4n) is 3.26. The summed E-state index contributed by atoms with van der Waals surface area (Å²) < 4.78 is 16.4. The summed E-state index contributed by atoms with van der Waals surface area (Å²) in [4.78, 5) is 14.5. The van der Waals surface area contributed by atoms with Crippen molar-refractivity contribution < 1.29 is 19.0 Å². The molecular formula is C19H28N2O4. The van der Waals surface area contributed by atoms with E-state index in [0.717, 1.165) is 43.3 Å². The predicted molar refractivity (Wildman–Crippen MR) is 94.9 cm³/mol. The van der Waals surface area contributed by atoms with E-state index in [2.05, 4.69) is 24.1 Å². The summed E-state index contributed by atoms with van der Waals surface area (Å²) in [6.07, 6.45) is 1.23. The molecule has 138 valence electrons. The van der Waals surface area contributed by atoms with Crippen molar-refractivity contribution in [3.8, 4) is 11.5 Å². The molecule has 1 aromatic carbocycles. The van der Waals surface area contributed by atoms with Crippen molar-refractivity contribution in [2.45, 2.75) is 32.8 Å². The number of hydrogen-bond donors (Lipinski definition) is 1. The summed E-state index contributed by atoms with van der Waals surface area (Å²) in [7, 11) is 0. The van der Waals surface area contributed by atoms with Crippen LogP contribution in [0.1, 0.15) is 25.8 Å². The first-order valence-electron chi connectivity index (χ1n) is 9.09. The molecule has 1 amide bonds. The lowest BCUT2D eigenvalue weighted by molar-refractivity contribution is -0.122. The van der Waals surface area contributed by atoms with E-state index in [1.807, 2.05) is 18.2 Å². The van der Waals surface area contributed by atoms with Gasteiger partial charge in [0.1, 0.15) is 0 Å². The van der Waals surface area contributed by atoms with E-state index < -0.39 is 0 Å². The van der Waals surface area contributed by atoms with Gasteiger partial charge in [0.2, 0.25) is 12.7 Å². The number of fused-ring (bicyclic) bond motifs is 1. The molecule has 2 aliphatic rings. The minimum atomic E-state index is 0.0576. The zero-order valence-corrected chi connectivity index (χ0v) is 15.1. The SMILES string of the molecule is CC(C)CN1CCOC(CNC(=O)CCc2ccc3c(c2)OCO3)C1. The standard InChI is InChI=1S/C19H28N2O4/c1-14(2)11-21-7-8-23-16(12-21)10-20-19(22)6-4-15-3-5-17-18(9-15)25-13-24-17/h3,5,9,14,16H,4,6-8,10-13H2,1-2H3,(H,20,22). The van der Waals surface area contributed by atoms with E-state index in [9.17, 15) is 4.79 Å². The van der Waals surface area contributed by atoms with Gasteiger partial charge in [-0.3, -0.25) is 9.69 Å². The van der Waals surface area contributed by atoms with Crippen LogP contribution in [0.15, 0.2) is 18.2 Å². The van der Waals surface area contributed by atoms with Crippen molar-refractivity contribution in [3.63, 3.8) is 0 Å².